The van der Waals surface area contributed by atoms with Gasteiger partial charge in [0.15, 0.2) is 5.82 Å². The largest absolute Gasteiger partial charge is 0.326 e. The highest BCUT2D eigenvalue weighted by Crippen LogP contribution is 2.21. The zero-order valence-corrected chi connectivity index (χ0v) is 9.87. The Balaban J connectivity index is 2.44. The summed E-state index contributed by atoms with van der Waals surface area (Å²) in [6.45, 7) is 0.477. The average molecular weight is 231 g/mol. The summed E-state index contributed by atoms with van der Waals surface area (Å²) in [5.41, 5.74) is 7.64. The third kappa shape index (κ3) is 2.23. The highest BCUT2D eigenvalue weighted by atomic mass is 32.2. The maximum Gasteiger partial charge on any atom is 0.160 e. The molecule has 1 heterocycles. The van der Waals surface area contributed by atoms with Gasteiger partial charge in [0.1, 0.15) is 5.03 Å². The van der Waals surface area contributed by atoms with Crippen LogP contribution in [0, 0.1) is 0 Å². The van der Waals surface area contributed by atoms with Crippen LogP contribution in [0.25, 0.3) is 11.4 Å². The molecule has 0 aliphatic heterocycles. The van der Waals surface area contributed by atoms with Gasteiger partial charge in [0.05, 0.1) is 0 Å². The quantitative estimate of drug-likeness (QED) is 0.650. The smallest absolute Gasteiger partial charge is 0.160 e. The van der Waals surface area contributed by atoms with Crippen molar-refractivity contribution in [1.82, 2.24) is 9.97 Å². The molecule has 0 aliphatic rings. The molecule has 1 aromatic carbocycles. The number of thioether (sulfide) groups is 1. The van der Waals surface area contributed by atoms with Crippen LogP contribution in [0.4, 0.5) is 0 Å². The summed E-state index contributed by atoms with van der Waals surface area (Å²) >= 11 is 1.60. The summed E-state index contributed by atoms with van der Waals surface area (Å²) in [5.74, 6) is 0.752. The van der Waals surface area contributed by atoms with Gasteiger partial charge in [0.25, 0.3) is 0 Å². The van der Waals surface area contributed by atoms with Gasteiger partial charge < -0.3 is 5.73 Å². The Kier molecular flexibility index (Phi) is 3.54. The molecule has 0 saturated heterocycles. The Bertz CT molecular complexity index is 471. The molecule has 0 atom stereocenters. The van der Waals surface area contributed by atoms with E-state index in [4.69, 9.17) is 5.73 Å². The van der Waals surface area contributed by atoms with E-state index in [1.54, 1.807) is 18.0 Å². The summed E-state index contributed by atoms with van der Waals surface area (Å²) in [5, 5.41) is 0.955. The topological polar surface area (TPSA) is 51.8 Å². The predicted octanol–water partition coefficient (Wildman–Crippen LogP) is 2.32. The molecule has 16 heavy (non-hydrogen) atoms. The number of benzene rings is 1. The van der Waals surface area contributed by atoms with Crippen LogP contribution in [0.3, 0.4) is 0 Å². The second-order valence-corrected chi connectivity index (χ2v) is 4.09. The molecule has 0 bridgehead atoms. The number of hydrogen-bond donors (Lipinski definition) is 1. The minimum Gasteiger partial charge on any atom is -0.326 e. The van der Waals surface area contributed by atoms with Gasteiger partial charge in [-0.25, -0.2) is 9.97 Å². The molecule has 0 saturated carbocycles. The lowest BCUT2D eigenvalue weighted by Crippen LogP contribution is -2.02. The number of aromatic nitrogens is 2. The molecule has 2 N–H and O–H groups in total. The van der Waals surface area contributed by atoms with Crippen molar-refractivity contribution in [1.29, 1.82) is 0 Å². The summed E-state index contributed by atoms with van der Waals surface area (Å²) in [6, 6.07) is 9.94. The van der Waals surface area contributed by atoms with Gasteiger partial charge in [-0.15, -0.1) is 11.8 Å². The van der Waals surface area contributed by atoms with E-state index in [2.05, 4.69) is 9.97 Å². The van der Waals surface area contributed by atoms with Crippen LogP contribution in [0.2, 0.25) is 0 Å². The fraction of sp³-hybridized carbons (Fsp3) is 0.167. The minimum absolute atomic E-state index is 0.477. The van der Waals surface area contributed by atoms with Gasteiger partial charge in [-0.3, -0.25) is 0 Å². The minimum atomic E-state index is 0.477. The van der Waals surface area contributed by atoms with Crippen molar-refractivity contribution in [3.8, 4) is 11.4 Å². The van der Waals surface area contributed by atoms with Crippen molar-refractivity contribution in [3.05, 3.63) is 42.1 Å². The molecule has 0 aliphatic carbocycles. The Morgan fingerprint density at radius 3 is 2.62 bits per heavy atom. The van der Waals surface area contributed by atoms with Crippen LogP contribution in [0.15, 0.2) is 41.6 Å². The van der Waals surface area contributed by atoms with E-state index in [9.17, 15) is 0 Å². The fourth-order valence-corrected chi connectivity index (χ4v) is 2.01. The Morgan fingerprint density at radius 2 is 2.00 bits per heavy atom. The molecule has 0 spiro atoms. The second kappa shape index (κ2) is 5.09. The third-order valence-corrected chi connectivity index (χ3v) is 3.01. The summed E-state index contributed by atoms with van der Waals surface area (Å²) in [7, 11) is 0. The van der Waals surface area contributed by atoms with Gasteiger partial charge >= 0.3 is 0 Å². The SMILES string of the molecule is CSc1nc(-c2ccccc2)ncc1CN. The van der Waals surface area contributed by atoms with Crippen molar-refractivity contribution >= 4 is 11.8 Å². The highest BCUT2D eigenvalue weighted by Gasteiger charge is 2.06. The van der Waals surface area contributed by atoms with Crippen molar-refractivity contribution < 1.29 is 0 Å². The van der Waals surface area contributed by atoms with E-state index in [1.165, 1.54) is 0 Å². The first kappa shape index (κ1) is 11.1. The van der Waals surface area contributed by atoms with Crippen LogP contribution in [0.1, 0.15) is 5.56 Å². The van der Waals surface area contributed by atoms with Crippen LogP contribution in [-0.4, -0.2) is 16.2 Å². The van der Waals surface area contributed by atoms with E-state index in [0.717, 1.165) is 22.0 Å². The first-order valence-electron chi connectivity index (χ1n) is 5.00. The molecule has 0 fully saturated rings. The fourth-order valence-electron chi connectivity index (χ4n) is 1.43. The molecule has 82 valence electrons. The van der Waals surface area contributed by atoms with Crippen LogP contribution in [0.5, 0.6) is 0 Å². The highest BCUT2D eigenvalue weighted by molar-refractivity contribution is 7.98. The number of hydrogen-bond acceptors (Lipinski definition) is 4. The van der Waals surface area contributed by atoms with Crippen molar-refractivity contribution in [2.24, 2.45) is 5.73 Å². The number of nitrogens with zero attached hydrogens (tertiary/aromatic N) is 2. The van der Waals surface area contributed by atoms with Gasteiger partial charge in [0.2, 0.25) is 0 Å². The average Bonchev–Trinajstić information content (AvgIpc) is 2.39. The lowest BCUT2D eigenvalue weighted by atomic mass is 10.2. The zero-order valence-electron chi connectivity index (χ0n) is 9.05. The van der Waals surface area contributed by atoms with Gasteiger partial charge in [-0.1, -0.05) is 30.3 Å². The van der Waals surface area contributed by atoms with Crippen LogP contribution >= 0.6 is 11.8 Å². The summed E-state index contributed by atoms with van der Waals surface area (Å²) in [6.07, 6.45) is 3.80. The van der Waals surface area contributed by atoms with E-state index >= 15 is 0 Å². The van der Waals surface area contributed by atoms with E-state index in [-0.39, 0.29) is 0 Å². The maximum absolute atomic E-state index is 5.62. The lowest BCUT2D eigenvalue weighted by Gasteiger charge is -2.06. The monoisotopic (exact) mass is 231 g/mol. The van der Waals surface area contributed by atoms with E-state index in [0.29, 0.717) is 6.54 Å². The molecule has 0 unspecified atom stereocenters. The lowest BCUT2D eigenvalue weighted by molar-refractivity contribution is 0.930. The van der Waals surface area contributed by atoms with Crippen LogP contribution < -0.4 is 5.73 Å². The Morgan fingerprint density at radius 1 is 1.25 bits per heavy atom. The van der Waals surface area contributed by atoms with Crippen molar-refractivity contribution in [2.75, 3.05) is 6.26 Å². The normalized spacial score (nSPS) is 10.4. The molecule has 0 radical (unpaired) electrons. The molecule has 3 nitrogen and oxygen atoms in total. The molecule has 1 aromatic heterocycles. The standard InChI is InChI=1S/C12H13N3S/c1-16-12-10(7-13)8-14-11(15-12)9-5-3-2-4-6-9/h2-6,8H,7,13H2,1H3. The van der Waals surface area contributed by atoms with E-state index < -0.39 is 0 Å². The van der Waals surface area contributed by atoms with E-state index in [1.807, 2.05) is 36.6 Å². The molecule has 2 aromatic rings. The Hall–Kier alpha value is -1.39. The predicted molar refractivity (Wildman–Crippen MR) is 67.1 cm³/mol. The third-order valence-electron chi connectivity index (χ3n) is 2.27. The number of rotatable bonds is 3. The van der Waals surface area contributed by atoms with Gasteiger partial charge in [0, 0.05) is 23.9 Å². The van der Waals surface area contributed by atoms with Crippen LogP contribution in [-0.2, 0) is 6.54 Å². The summed E-state index contributed by atoms with van der Waals surface area (Å²) in [4.78, 5) is 8.83. The second-order valence-electron chi connectivity index (χ2n) is 3.30. The molecule has 0 amide bonds. The number of nitrogens with two attached hydrogens (primary N) is 1. The zero-order chi connectivity index (χ0) is 11.4. The van der Waals surface area contributed by atoms with Crippen molar-refractivity contribution in [2.45, 2.75) is 11.6 Å². The molecular formula is C12H13N3S. The maximum atomic E-state index is 5.62. The van der Waals surface area contributed by atoms with Gasteiger partial charge in [-0.2, -0.15) is 0 Å². The van der Waals surface area contributed by atoms with Gasteiger partial charge in [-0.05, 0) is 6.26 Å². The molecular weight excluding hydrogens is 218 g/mol. The first-order valence-corrected chi connectivity index (χ1v) is 6.23. The summed E-state index contributed by atoms with van der Waals surface area (Å²) < 4.78 is 0. The van der Waals surface area contributed by atoms with Crippen molar-refractivity contribution in [3.63, 3.8) is 0 Å². The molecule has 4 heteroatoms. The first-order chi connectivity index (χ1) is 7.85. The Labute approximate surface area is 99.1 Å². The molecule has 2 rings (SSSR count).